The first-order valence-electron chi connectivity index (χ1n) is 19.4. The molecule has 0 fully saturated rings. The van der Waals surface area contributed by atoms with Crippen molar-refractivity contribution in [2.45, 2.75) is 0 Å². The van der Waals surface area contributed by atoms with Crippen molar-refractivity contribution in [1.82, 2.24) is 14.1 Å². The first-order valence-corrected chi connectivity index (χ1v) is 20.2. The molecule has 0 aliphatic rings. The Bertz CT molecular complexity index is 3500. The van der Waals surface area contributed by atoms with Gasteiger partial charge in [0.05, 0.1) is 39.1 Å². The summed E-state index contributed by atoms with van der Waals surface area (Å²) in [6, 6.07) is 72.5. The van der Waals surface area contributed by atoms with E-state index in [1.54, 1.807) is 0 Å². The Hall–Kier alpha value is -7.27. The summed E-state index contributed by atoms with van der Waals surface area (Å²) < 4.78 is 7.42. The molecule has 4 aromatic heterocycles. The average Bonchev–Trinajstić information content (AvgIpc) is 3.93. The van der Waals surface area contributed by atoms with Gasteiger partial charge in [-0.3, -0.25) is 0 Å². The molecule has 12 rings (SSSR count). The van der Waals surface area contributed by atoms with Crippen molar-refractivity contribution in [1.29, 1.82) is 0 Å². The molecule has 0 bridgehead atoms. The molecule has 0 spiro atoms. The van der Waals surface area contributed by atoms with Crippen molar-refractivity contribution in [2.75, 3.05) is 0 Å². The number of pyridine rings is 1. The van der Waals surface area contributed by atoms with Crippen molar-refractivity contribution >= 4 is 75.1 Å². The second-order valence-corrected chi connectivity index (χ2v) is 15.8. The highest BCUT2D eigenvalue weighted by atomic mass is 32.1. The molecule has 3 nitrogen and oxygen atoms in total. The maximum absolute atomic E-state index is 5.50. The van der Waals surface area contributed by atoms with E-state index in [9.17, 15) is 0 Å². The van der Waals surface area contributed by atoms with Crippen LogP contribution in [0.15, 0.2) is 200 Å². The Labute approximate surface area is 333 Å². The van der Waals surface area contributed by atoms with E-state index in [1.165, 1.54) is 69.4 Å². The summed E-state index contributed by atoms with van der Waals surface area (Å²) in [5.41, 5.74) is 13.5. The number of thiophene rings is 1. The van der Waals surface area contributed by atoms with Gasteiger partial charge in [0.25, 0.3) is 0 Å². The quantitative estimate of drug-likeness (QED) is 0.172. The Balaban J connectivity index is 1.15. The van der Waals surface area contributed by atoms with Crippen molar-refractivity contribution in [3.8, 4) is 45.0 Å². The molecule has 0 aliphatic carbocycles. The van der Waals surface area contributed by atoms with Crippen LogP contribution < -0.4 is 0 Å². The lowest BCUT2D eigenvalue weighted by molar-refractivity contribution is 1.16. The SMILES string of the molecule is c1ccc(-c2ccc(-c3cc(-n4c5ccccc5c5cc6c(cc54)c4ccccc4n6-c4ccccc4)cc(-c4cccc5sc6ccccc6c45)n3)cc2)cc1. The van der Waals surface area contributed by atoms with E-state index in [2.05, 4.69) is 209 Å². The lowest BCUT2D eigenvalue weighted by Gasteiger charge is -2.14. The van der Waals surface area contributed by atoms with Crippen LogP contribution in [0, 0.1) is 0 Å². The van der Waals surface area contributed by atoms with Gasteiger partial charge in [-0.25, -0.2) is 4.98 Å². The third kappa shape index (κ3) is 5.01. The van der Waals surface area contributed by atoms with Gasteiger partial charge in [-0.05, 0) is 71.8 Å². The fraction of sp³-hybridized carbons (Fsp3) is 0. The van der Waals surface area contributed by atoms with E-state index in [-0.39, 0.29) is 0 Å². The van der Waals surface area contributed by atoms with E-state index in [1.807, 2.05) is 11.3 Å². The monoisotopic (exact) mass is 743 g/mol. The summed E-state index contributed by atoms with van der Waals surface area (Å²) in [6.45, 7) is 0. The van der Waals surface area contributed by atoms with Crippen molar-refractivity contribution in [3.63, 3.8) is 0 Å². The van der Waals surface area contributed by atoms with Crippen LogP contribution in [0.1, 0.15) is 0 Å². The lowest BCUT2D eigenvalue weighted by Crippen LogP contribution is -1.98. The molecule has 12 aromatic rings. The minimum absolute atomic E-state index is 0.936. The number of aromatic nitrogens is 3. The van der Waals surface area contributed by atoms with Crippen molar-refractivity contribution < 1.29 is 0 Å². The molecule has 0 saturated carbocycles. The van der Waals surface area contributed by atoms with E-state index in [0.717, 1.165) is 39.4 Å². The molecule has 0 saturated heterocycles. The summed E-state index contributed by atoms with van der Waals surface area (Å²) in [5, 5.41) is 7.43. The molecule has 4 heteroatoms. The number of hydrogen-bond donors (Lipinski definition) is 0. The average molecular weight is 744 g/mol. The van der Waals surface area contributed by atoms with Crippen molar-refractivity contribution in [2.24, 2.45) is 0 Å². The predicted octanol–water partition coefficient (Wildman–Crippen LogP) is 14.6. The molecule has 0 N–H and O–H groups in total. The fourth-order valence-corrected chi connectivity index (χ4v) is 10.1. The summed E-state index contributed by atoms with van der Waals surface area (Å²) in [5.74, 6) is 0. The smallest absolute Gasteiger partial charge is 0.0737 e. The number of rotatable bonds is 5. The maximum atomic E-state index is 5.50. The first-order chi connectivity index (χ1) is 28.3. The molecule has 4 heterocycles. The maximum Gasteiger partial charge on any atom is 0.0737 e. The van der Waals surface area contributed by atoms with Gasteiger partial charge >= 0.3 is 0 Å². The van der Waals surface area contributed by atoms with Crippen LogP contribution in [0.5, 0.6) is 0 Å². The largest absolute Gasteiger partial charge is 0.309 e. The molecule has 0 aliphatic heterocycles. The lowest BCUT2D eigenvalue weighted by atomic mass is 10.0. The predicted molar refractivity (Wildman–Crippen MR) is 242 cm³/mol. The van der Waals surface area contributed by atoms with Gasteiger partial charge < -0.3 is 9.13 Å². The van der Waals surface area contributed by atoms with E-state index in [0.29, 0.717) is 0 Å². The van der Waals surface area contributed by atoms with Crippen LogP contribution in [0.25, 0.3) is 109 Å². The summed E-state index contributed by atoms with van der Waals surface area (Å²) in [7, 11) is 0. The normalized spacial score (nSPS) is 11.9. The topological polar surface area (TPSA) is 22.8 Å². The molecular weight excluding hydrogens is 711 g/mol. The third-order valence-electron chi connectivity index (χ3n) is 11.5. The number of hydrogen-bond acceptors (Lipinski definition) is 2. The van der Waals surface area contributed by atoms with E-state index >= 15 is 0 Å². The molecule has 8 aromatic carbocycles. The second-order valence-electron chi connectivity index (χ2n) is 14.7. The molecule has 57 heavy (non-hydrogen) atoms. The van der Waals surface area contributed by atoms with Crippen LogP contribution in [0.2, 0.25) is 0 Å². The third-order valence-corrected chi connectivity index (χ3v) is 12.7. The molecule has 0 atom stereocenters. The summed E-state index contributed by atoms with van der Waals surface area (Å²) in [6.07, 6.45) is 0. The Morgan fingerprint density at radius 2 is 0.860 bits per heavy atom. The van der Waals surface area contributed by atoms with Crippen molar-refractivity contribution in [3.05, 3.63) is 200 Å². The molecule has 0 radical (unpaired) electrons. The Kier molecular flexibility index (Phi) is 7.10. The molecular formula is C53H33N3S. The molecule has 0 amide bonds. The summed E-state index contributed by atoms with van der Waals surface area (Å²) in [4.78, 5) is 5.50. The van der Waals surface area contributed by atoms with Gasteiger partial charge in [-0.2, -0.15) is 0 Å². The fourth-order valence-electron chi connectivity index (χ4n) is 8.95. The second kappa shape index (κ2) is 12.6. The molecule has 266 valence electrons. The molecule has 0 unspecified atom stereocenters. The highest BCUT2D eigenvalue weighted by molar-refractivity contribution is 7.25. The number of benzene rings is 8. The van der Waals surface area contributed by atoms with Crippen LogP contribution >= 0.6 is 11.3 Å². The van der Waals surface area contributed by atoms with Gasteiger partial charge in [-0.1, -0.05) is 140 Å². The van der Waals surface area contributed by atoms with Crippen LogP contribution in [-0.2, 0) is 0 Å². The summed E-state index contributed by atoms with van der Waals surface area (Å²) >= 11 is 1.84. The van der Waals surface area contributed by atoms with Gasteiger partial charge in [0.1, 0.15) is 0 Å². The van der Waals surface area contributed by atoms with Crippen LogP contribution in [-0.4, -0.2) is 14.1 Å². The zero-order chi connectivity index (χ0) is 37.5. The number of nitrogens with zero attached hydrogens (tertiary/aromatic N) is 3. The highest BCUT2D eigenvalue weighted by Crippen LogP contribution is 2.43. The first kappa shape index (κ1) is 32.0. The van der Waals surface area contributed by atoms with Crippen LogP contribution in [0.4, 0.5) is 0 Å². The zero-order valence-corrected chi connectivity index (χ0v) is 31.6. The van der Waals surface area contributed by atoms with E-state index < -0.39 is 0 Å². The number of fused-ring (bicyclic) bond motifs is 9. The van der Waals surface area contributed by atoms with E-state index in [4.69, 9.17) is 4.98 Å². The van der Waals surface area contributed by atoms with Gasteiger partial charge in [0, 0.05) is 58.5 Å². The number of para-hydroxylation sites is 3. The minimum atomic E-state index is 0.936. The highest BCUT2D eigenvalue weighted by Gasteiger charge is 2.21. The standard InChI is InChI=1S/C53H33N3S/c1-3-14-34(15-4-1)35-26-28-36(29-27-35)45-30-38(31-46(54-45)41-21-13-25-52-53(41)42-20-9-12-24-51(42)57-52)56-48-23-11-8-19-40(48)44-32-49-43(33-50(44)56)39-18-7-10-22-47(39)55(49)37-16-5-2-6-17-37/h1-33H. The Morgan fingerprint density at radius 1 is 0.333 bits per heavy atom. The Morgan fingerprint density at radius 3 is 1.56 bits per heavy atom. The van der Waals surface area contributed by atoms with Gasteiger partial charge in [-0.15, -0.1) is 11.3 Å². The van der Waals surface area contributed by atoms with Crippen LogP contribution in [0.3, 0.4) is 0 Å². The van der Waals surface area contributed by atoms with Gasteiger partial charge in [0.15, 0.2) is 0 Å². The van der Waals surface area contributed by atoms with Gasteiger partial charge in [0.2, 0.25) is 0 Å². The minimum Gasteiger partial charge on any atom is -0.309 e. The zero-order valence-electron chi connectivity index (χ0n) is 30.8.